The Bertz CT molecular complexity index is 652. The zero-order valence-corrected chi connectivity index (χ0v) is 12.0. The van der Waals surface area contributed by atoms with E-state index in [1.165, 1.54) is 24.3 Å². The summed E-state index contributed by atoms with van der Waals surface area (Å²) in [5.41, 5.74) is -0.807. The van der Waals surface area contributed by atoms with Gasteiger partial charge in [0.15, 0.2) is 5.09 Å². The lowest BCUT2D eigenvalue weighted by Crippen LogP contribution is -2.06. The van der Waals surface area contributed by atoms with Crippen molar-refractivity contribution in [3.8, 4) is 0 Å². The lowest BCUT2D eigenvalue weighted by atomic mass is 10.2. The van der Waals surface area contributed by atoms with Crippen LogP contribution in [0.15, 0.2) is 49.2 Å². The number of hydrogen-bond donors (Lipinski definition) is 1. The fourth-order valence-electron chi connectivity index (χ4n) is 1.41. The van der Waals surface area contributed by atoms with Gasteiger partial charge in [0.2, 0.25) is 5.76 Å². The number of carbonyl (C=O) groups is 1. The van der Waals surface area contributed by atoms with Gasteiger partial charge in [-0.05, 0) is 30.3 Å². The summed E-state index contributed by atoms with van der Waals surface area (Å²) >= 11 is 3.81. The SMILES string of the molecule is O=C(O)c1ccc(Sc2cc(Br)ccc2C(F)(F)F)o1. The zero-order valence-electron chi connectivity index (χ0n) is 9.57. The van der Waals surface area contributed by atoms with E-state index in [0.29, 0.717) is 16.2 Å². The summed E-state index contributed by atoms with van der Waals surface area (Å²) in [6.45, 7) is 0. The number of furan rings is 1. The molecule has 0 saturated carbocycles. The van der Waals surface area contributed by atoms with E-state index in [1.54, 1.807) is 0 Å². The van der Waals surface area contributed by atoms with Crippen LogP contribution in [0.3, 0.4) is 0 Å². The Morgan fingerprint density at radius 3 is 2.50 bits per heavy atom. The van der Waals surface area contributed by atoms with E-state index in [4.69, 9.17) is 9.52 Å². The average Bonchev–Trinajstić information content (AvgIpc) is 2.76. The van der Waals surface area contributed by atoms with Gasteiger partial charge in [-0.3, -0.25) is 0 Å². The molecular formula is C12H6BrF3O3S. The molecule has 0 fully saturated rings. The van der Waals surface area contributed by atoms with Crippen molar-refractivity contribution in [2.75, 3.05) is 0 Å². The number of rotatable bonds is 3. The molecule has 1 aromatic carbocycles. The topological polar surface area (TPSA) is 50.4 Å². The van der Waals surface area contributed by atoms with Crippen LogP contribution in [0.4, 0.5) is 13.2 Å². The Hall–Kier alpha value is -1.41. The number of halogens is 4. The largest absolute Gasteiger partial charge is 0.475 e. The third kappa shape index (κ3) is 3.37. The van der Waals surface area contributed by atoms with E-state index in [1.807, 2.05) is 0 Å². The predicted octanol–water partition coefficient (Wildman–Crippen LogP) is 4.91. The van der Waals surface area contributed by atoms with Crippen LogP contribution >= 0.6 is 27.7 Å². The van der Waals surface area contributed by atoms with Crippen LogP contribution in [-0.4, -0.2) is 11.1 Å². The summed E-state index contributed by atoms with van der Waals surface area (Å²) in [5, 5.41) is 8.78. The van der Waals surface area contributed by atoms with Crippen molar-refractivity contribution in [2.24, 2.45) is 0 Å². The highest BCUT2D eigenvalue weighted by atomic mass is 79.9. The Labute approximate surface area is 123 Å². The number of carboxylic acids is 1. The summed E-state index contributed by atoms with van der Waals surface area (Å²) in [6.07, 6.45) is -4.49. The normalized spacial score (nSPS) is 11.6. The van der Waals surface area contributed by atoms with Crippen molar-refractivity contribution in [3.63, 3.8) is 0 Å². The van der Waals surface area contributed by atoms with Crippen LogP contribution in [-0.2, 0) is 6.18 Å². The highest BCUT2D eigenvalue weighted by Crippen LogP contribution is 2.41. The molecule has 1 N–H and O–H groups in total. The highest BCUT2D eigenvalue weighted by molar-refractivity contribution is 9.10. The van der Waals surface area contributed by atoms with Crippen LogP contribution in [0.1, 0.15) is 16.1 Å². The second-order valence-corrected chi connectivity index (χ2v) is 5.63. The first-order valence-electron chi connectivity index (χ1n) is 5.15. The van der Waals surface area contributed by atoms with E-state index in [0.717, 1.165) is 6.07 Å². The Morgan fingerprint density at radius 1 is 1.25 bits per heavy atom. The molecule has 1 heterocycles. The Kier molecular flexibility index (Phi) is 4.14. The number of hydrogen-bond acceptors (Lipinski definition) is 3. The fraction of sp³-hybridized carbons (Fsp3) is 0.0833. The maximum atomic E-state index is 12.9. The molecule has 20 heavy (non-hydrogen) atoms. The average molecular weight is 367 g/mol. The van der Waals surface area contributed by atoms with E-state index in [9.17, 15) is 18.0 Å². The molecule has 8 heteroatoms. The first-order chi connectivity index (χ1) is 9.27. The summed E-state index contributed by atoms with van der Waals surface area (Å²) in [5.74, 6) is -1.60. The van der Waals surface area contributed by atoms with Gasteiger partial charge in [0.05, 0.1) is 5.56 Å². The van der Waals surface area contributed by atoms with Crippen LogP contribution in [0.5, 0.6) is 0 Å². The standard InChI is InChI=1S/C12H6BrF3O3S/c13-6-1-2-7(12(14,15)16)9(5-6)20-10-4-3-8(19-10)11(17)18/h1-5H,(H,17,18). The Morgan fingerprint density at radius 2 is 1.95 bits per heavy atom. The number of carboxylic acid groups (broad SMARTS) is 1. The maximum Gasteiger partial charge on any atom is 0.417 e. The second kappa shape index (κ2) is 5.53. The van der Waals surface area contributed by atoms with Gasteiger partial charge in [0, 0.05) is 9.37 Å². The second-order valence-electron chi connectivity index (χ2n) is 3.66. The zero-order chi connectivity index (χ0) is 14.9. The van der Waals surface area contributed by atoms with Gasteiger partial charge in [0.1, 0.15) is 0 Å². The minimum atomic E-state index is -4.49. The van der Waals surface area contributed by atoms with Gasteiger partial charge >= 0.3 is 12.1 Å². The minimum absolute atomic E-state index is 0.0711. The lowest BCUT2D eigenvalue weighted by Gasteiger charge is -2.11. The van der Waals surface area contributed by atoms with Gasteiger partial charge in [-0.15, -0.1) is 0 Å². The molecule has 0 aliphatic carbocycles. The quantitative estimate of drug-likeness (QED) is 0.838. The molecule has 0 bridgehead atoms. The molecule has 0 amide bonds. The van der Waals surface area contributed by atoms with Crippen molar-refractivity contribution in [1.29, 1.82) is 0 Å². The predicted molar refractivity (Wildman–Crippen MR) is 68.9 cm³/mol. The van der Waals surface area contributed by atoms with E-state index in [-0.39, 0.29) is 15.7 Å². The van der Waals surface area contributed by atoms with E-state index in [2.05, 4.69) is 15.9 Å². The molecule has 0 unspecified atom stereocenters. The first kappa shape index (κ1) is 15.0. The first-order valence-corrected chi connectivity index (χ1v) is 6.76. The molecule has 1 aromatic heterocycles. The van der Waals surface area contributed by atoms with E-state index < -0.39 is 17.7 Å². The minimum Gasteiger partial charge on any atom is -0.475 e. The molecule has 0 spiro atoms. The van der Waals surface area contributed by atoms with Crippen molar-refractivity contribution in [2.45, 2.75) is 16.2 Å². The smallest absolute Gasteiger partial charge is 0.417 e. The summed E-state index contributed by atoms with van der Waals surface area (Å²) < 4.78 is 44.0. The van der Waals surface area contributed by atoms with Gasteiger partial charge < -0.3 is 9.52 Å². The molecule has 0 saturated heterocycles. The summed E-state index contributed by atoms with van der Waals surface area (Å²) in [7, 11) is 0. The molecule has 0 radical (unpaired) electrons. The van der Waals surface area contributed by atoms with Crippen LogP contribution in [0.2, 0.25) is 0 Å². The van der Waals surface area contributed by atoms with Gasteiger partial charge in [-0.1, -0.05) is 27.7 Å². The number of aromatic carboxylic acids is 1. The molecule has 3 nitrogen and oxygen atoms in total. The van der Waals surface area contributed by atoms with Crippen molar-refractivity contribution >= 4 is 33.7 Å². The monoisotopic (exact) mass is 366 g/mol. The molecular weight excluding hydrogens is 361 g/mol. The summed E-state index contributed by atoms with van der Waals surface area (Å²) in [4.78, 5) is 10.6. The molecule has 2 aromatic rings. The van der Waals surface area contributed by atoms with Crippen molar-refractivity contribution < 1.29 is 27.5 Å². The van der Waals surface area contributed by atoms with Gasteiger partial charge in [0.25, 0.3) is 0 Å². The van der Waals surface area contributed by atoms with Gasteiger partial charge in [-0.2, -0.15) is 13.2 Å². The van der Waals surface area contributed by atoms with Crippen molar-refractivity contribution in [3.05, 3.63) is 46.1 Å². The summed E-state index contributed by atoms with van der Waals surface area (Å²) in [6, 6.07) is 6.05. The van der Waals surface area contributed by atoms with Crippen LogP contribution in [0.25, 0.3) is 0 Å². The number of alkyl halides is 3. The molecule has 0 aliphatic heterocycles. The van der Waals surface area contributed by atoms with E-state index >= 15 is 0 Å². The van der Waals surface area contributed by atoms with Crippen molar-refractivity contribution in [1.82, 2.24) is 0 Å². The van der Waals surface area contributed by atoms with Crippen LogP contribution < -0.4 is 0 Å². The third-order valence-corrected chi connectivity index (χ3v) is 3.72. The Balaban J connectivity index is 2.36. The fourth-order valence-corrected chi connectivity index (χ4v) is 2.89. The van der Waals surface area contributed by atoms with Crippen LogP contribution in [0, 0.1) is 0 Å². The van der Waals surface area contributed by atoms with Gasteiger partial charge in [-0.25, -0.2) is 4.79 Å². The molecule has 2 rings (SSSR count). The molecule has 0 aliphatic rings. The molecule has 0 atom stereocenters. The highest BCUT2D eigenvalue weighted by Gasteiger charge is 2.34. The number of benzene rings is 1. The third-order valence-electron chi connectivity index (χ3n) is 2.25. The molecule has 106 valence electrons. The maximum absolute atomic E-state index is 12.9. The lowest BCUT2D eigenvalue weighted by molar-refractivity contribution is -0.139.